The molecule has 1 N–H and O–H groups in total. The molecule has 1 aromatic carbocycles. The lowest BCUT2D eigenvalue weighted by Crippen LogP contribution is -2.05. The fourth-order valence-corrected chi connectivity index (χ4v) is 2.26. The van der Waals surface area contributed by atoms with Gasteiger partial charge >= 0.3 is 0 Å². The van der Waals surface area contributed by atoms with Gasteiger partial charge in [0.05, 0.1) is 0 Å². The zero-order valence-electron chi connectivity index (χ0n) is 12.6. The maximum absolute atomic E-state index is 5.80. The van der Waals surface area contributed by atoms with E-state index in [1.807, 2.05) is 31.4 Å². The van der Waals surface area contributed by atoms with Crippen molar-refractivity contribution in [1.29, 1.82) is 0 Å². The molecule has 0 atom stereocenters. The summed E-state index contributed by atoms with van der Waals surface area (Å²) in [4.78, 5) is 4.32. The predicted molar refractivity (Wildman–Crippen MR) is 82.3 cm³/mol. The second-order valence-corrected chi connectivity index (χ2v) is 5.31. The molecule has 106 valence electrons. The molecule has 3 heteroatoms. The lowest BCUT2D eigenvalue weighted by atomic mass is 9.98. The van der Waals surface area contributed by atoms with Crippen molar-refractivity contribution in [3.05, 3.63) is 53.2 Å². The fourth-order valence-electron chi connectivity index (χ4n) is 2.26. The number of nitrogens with zero attached hydrogens (tertiary/aromatic N) is 1. The zero-order valence-corrected chi connectivity index (χ0v) is 12.6. The Morgan fingerprint density at radius 3 is 2.55 bits per heavy atom. The molecule has 1 aromatic heterocycles. The highest BCUT2D eigenvalue weighted by Crippen LogP contribution is 2.26. The summed E-state index contributed by atoms with van der Waals surface area (Å²) in [5.41, 5.74) is 3.75. The molecule has 0 aliphatic heterocycles. The van der Waals surface area contributed by atoms with Crippen LogP contribution in [0.1, 0.15) is 36.5 Å². The molecule has 0 radical (unpaired) electrons. The first-order valence-corrected chi connectivity index (χ1v) is 6.98. The first-order chi connectivity index (χ1) is 9.60. The van der Waals surface area contributed by atoms with Crippen LogP contribution in [-0.2, 0) is 6.54 Å². The fraction of sp³-hybridized carbons (Fsp3) is 0.353. The molecule has 0 fully saturated rings. The Labute approximate surface area is 121 Å². The summed E-state index contributed by atoms with van der Waals surface area (Å²) in [5.74, 6) is 1.99. The molecule has 20 heavy (non-hydrogen) atoms. The van der Waals surface area contributed by atoms with E-state index < -0.39 is 0 Å². The van der Waals surface area contributed by atoms with Crippen molar-refractivity contribution in [3.63, 3.8) is 0 Å². The Hall–Kier alpha value is -1.87. The summed E-state index contributed by atoms with van der Waals surface area (Å²) in [6.07, 6.45) is 1.83. The molecule has 0 aliphatic rings. The van der Waals surface area contributed by atoms with Crippen LogP contribution in [0, 0.1) is 6.92 Å². The number of ether oxygens (including phenoxy) is 1. The van der Waals surface area contributed by atoms with Gasteiger partial charge in [-0.2, -0.15) is 0 Å². The Bertz CT molecular complexity index is 562. The highest BCUT2D eigenvalue weighted by Gasteiger charge is 2.06. The quantitative estimate of drug-likeness (QED) is 0.891. The van der Waals surface area contributed by atoms with Gasteiger partial charge < -0.3 is 10.1 Å². The molecule has 3 nitrogen and oxygen atoms in total. The van der Waals surface area contributed by atoms with Crippen LogP contribution < -0.4 is 10.1 Å². The predicted octanol–water partition coefficient (Wildman–Crippen LogP) is 4.03. The van der Waals surface area contributed by atoms with Gasteiger partial charge in [0.25, 0.3) is 0 Å². The average molecular weight is 270 g/mol. The van der Waals surface area contributed by atoms with Gasteiger partial charge in [-0.15, -0.1) is 0 Å². The van der Waals surface area contributed by atoms with E-state index in [1.54, 1.807) is 0 Å². The highest BCUT2D eigenvalue weighted by atomic mass is 16.5. The van der Waals surface area contributed by atoms with Gasteiger partial charge in [0.15, 0.2) is 0 Å². The molecule has 0 spiro atoms. The van der Waals surface area contributed by atoms with Gasteiger partial charge in [-0.25, -0.2) is 4.98 Å². The van der Waals surface area contributed by atoms with Crippen LogP contribution in [0.5, 0.6) is 11.6 Å². The maximum Gasteiger partial charge on any atom is 0.219 e. The van der Waals surface area contributed by atoms with Crippen LogP contribution in [0.3, 0.4) is 0 Å². The summed E-state index contributed by atoms with van der Waals surface area (Å²) >= 11 is 0. The van der Waals surface area contributed by atoms with Crippen molar-refractivity contribution in [2.75, 3.05) is 7.05 Å². The van der Waals surface area contributed by atoms with Crippen LogP contribution in [0.15, 0.2) is 36.5 Å². The smallest absolute Gasteiger partial charge is 0.219 e. The number of hydrogen-bond acceptors (Lipinski definition) is 3. The lowest BCUT2D eigenvalue weighted by molar-refractivity contribution is 0.461. The van der Waals surface area contributed by atoms with Crippen LogP contribution >= 0.6 is 0 Å². The van der Waals surface area contributed by atoms with E-state index in [9.17, 15) is 0 Å². The minimum absolute atomic E-state index is 0.531. The van der Waals surface area contributed by atoms with Gasteiger partial charge in [0, 0.05) is 18.8 Å². The second-order valence-electron chi connectivity index (χ2n) is 5.31. The molecule has 0 saturated heterocycles. The van der Waals surface area contributed by atoms with Crippen LogP contribution in [0.4, 0.5) is 0 Å². The molecule has 2 aromatic rings. The van der Waals surface area contributed by atoms with Crippen molar-refractivity contribution in [3.8, 4) is 11.6 Å². The summed E-state index contributed by atoms with van der Waals surface area (Å²) in [6.45, 7) is 7.33. The summed E-state index contributed by atoms with van der Waals surface area (Å²) in [6, 6.07) is 10.1. The second kappa shape index (κ2) is 6.53. The molecule has 0 saturated carbocycles. The molecule has 0 unspecified atom stereocenters. The van der Waals surface area contributed by atoms with E-state index in [2.05, 4.69) is 43.2 Å². The Morgan fingerprint density at radius 2 is 2.00 bits per heavy atom. The monoisotopic (exact) mass is 270 g/mol. The van der Waals surface area contributed by atoms with Gasteiger partial charge in [-0.3, -0.25) is 0 Å². The van der Waals surface area contributed by atoms with E-state index in [0.717, 1.165) is 17.9 Å². The third-order valence-electron chi connectivity index (χ3n) is 3.26. The summed E-state index contributed by atoms with van der Waals surface area (Å²) < 4.78 is 5.80. The Morgan fingerprint density at radius 1 is 1.20 bits per heavy atom. The minimum atomic E-state index is 0.531. The van der Waals surface area contributed by atoms with Crippen molar-refractivity contribution in [1.82, 2.24) is 10.3 Å². The van der Waals surface area contributed by atoms with Gasteiger partial charge in [0.2, 0.25) is 5.88 Å². The van der Waals surface area contributed by atoms with E-state index in [-0.39, 0.29) is 0 Å². The first kappa shape index (κ1) is 14.5. The molecule has 0 aliphatic carbocycles. The number of pyridine rings is 1. The maximum atomic E-state index is 5.80. The number of nitrogens with one attached hydrogen (secondary N) is 1. The van der Waals surface area contributed by atoms with Crippen molar-refractivity contribution in [2.24, 2.45) is 0 Å². The van der Waals surface area contributed by atoms with Gasteiger partial charge in [-0.1, -0.05) is 26.0 Å². The third kappa shape index (κ3) is 3.58. The van der Waals surface area contributed by atoms with Crippen LogP contribution in [0.25, 0.3) is 0 Å². The SMILES string of the molecule is CNCc1ccc(Oc2ccc(C(C)C)c(C)c2)nc1. The van der Waals surface area contributed by atoms with Crippen LogP contribution in [0.2, 0.25) is 0 Å². The molecule has 1 heterocycles. The molecular weight excluding hydrogens is 248 g/mol. The third-order valence-corrected chi connectivity index (χ3v) is 3.26. The average Bonchev–Trinajstić information content (AvgIpc) is 2.41. The number of benzene rings is 1. The van der Waals surface area contributed by atoms with Crippen molar-refractivity contribution < 1.29 is 4.74 Å². The number of rotatable bonds is 5. The lowest BCUT2D eigenvalue weighted by Gasteiger charge is -2.12. The van der Waals surface area contributed by atoms with Crippen molar-refractivity contribution >= 4 is 0 Å². The Kier molecular flexibility index (Phi) is 4.74. The van der Waals surface area contributed by atoms with E-state index >= 15 is 0 Å². The van der Waals surface area contributed by atoms with E-state index in [1.165, 1.54) is 11.1 Å². The molecule has 2 rings (SSSR count). The van der Waals surface area contributed by atoms with E-state index in [4.69, 9.17) is 4.74 Å². The number of hydrogen-bond donors (Lipinski definition) is 1. The summed E-state index contributed by atoms with van der Waals surface area (Å²) in [7, 11) is 1.92. The topological polar surface area (TPSA) is 34.1 Å². The number of aromatic nitrogens is 1. The minimum Gasteiger partial charge on any atom is -0.439 e. The summed E-state index contributed by atoms with van der Waals surface area (Å²) in [5, 5.41) is 3.10. The standard InChI is InChI=1S/C17H22N2O/c1-12(2)16-7-6-15(9-13(16)3)20-17-8-5-14(10-18-4)11-19-17/h5-9,11-12,18H,10H2,1-4H3. The number of aryl methyl sites for hydroxylation is 1. The molecule has 0 amide bonds. The first-order valence-electron chi connectivity index (χ1n) is 6.98. The molecular formula is C17H22N2O. The zero-order chi connectivity index (χ0) is 14.5. The van der Waals surface area contributed by atoms with E-state index in [0.29, 0.717) is 11.8 Å². The highest BCUT2D eigenvalue weighted by molar-refractivity contribution is 5.38. The Balaban J connectivity index is 2.11. The van der Waals surface area contributed by atoms with Gasteiger partial charge in [-0.05, 0) is 48.7 Å². The largest absolute Gasteiger partial charge is 0.439 e. The molecule has 0 bridgehead atoms. The van der Waals surface area contributed by atoms with Crippen LogP contribution in [-0.4, -0.2) is 12.0 Å². The van der Waals surface area contributed by atoms with Crippen molar-refractivity contribution in [2.45, 2.75) is 33.2 Å². The van der Waals surface area contributed by atoms with Gasteiger partial charge in [0.1, 0.15) is 5.75 Å². The normalized spacial score (nSPS) is 10.8.